The molecule has 2 heterocycles. The molecule has 1 aliphatic heterocycles. The highest BCUT2D eigenvalue weighted by Crippen LogP contribution is 2.36. The number of halogens is 1. The number of rotatable bonds is 9. The lowest BCUT2D eigenvalue weighted by atomic mass is 9.96. The number of benzene rings is 3. The molecule has 5 rings (SSSR count). The highest BCUT2D eigenvalue weighted by atomic mass is 79.9. The number of methoxy groups -OCH3 is 1. The number of allylic oxidation sites excluding steroid dienone is 1. The van der Waals surface area contributed by atoms with Crippen molar-refractivity contribution in [2.24, 2.45) is 4.99 Å². The average Bonchev–Trinajstić information content (AvgIpc) is 3.30. The smallest absolute Gasteiger partial charge is 0.338 e. The molecule has 0 saturated carbocycles. The summed E-state index contributed by atoms with van der Waals surface area (Å²) in [7, 11) is 1.44. The van der Waals surface area contributed by atoms with E-state index in [9.17, 15) is 19.7 Å². The molecule has 0 radical (unpaired) electrons. The molecule has 12 heteroatoms. The van der Waals surface area contributed by atoms with Gasteiger partial charge in [-0.2, -0.15) is 0 Å². The maximum absolute atomic E-state index is 13.9. The number of carbonyl (C=O) groups excluding carboxylic acids is 1. The molecule has 10 nitrogen and oxygen atoms in total. The second kappa shape index (κ2) is 12.8. The first kappa shape index (κ1) is 29.9. The predicted octanol–water partition coefficient (Wildman–Crippen LogP) is 5.06. The number of aromatic nitrogens is 1. The Morgan fingerprint density at radius 3 is 2.51 bits per heavy atom. The van der Waals surface area contributed by atoms with Crippen molar-refractivity contribution in [1.29, 1.82) is 0 Å². The maximum atomic E-state index is 13.9. The van der Waals surface area contributed by atoms with Crippen LogP contribution in [0.4, 0.5) is 5.69 Å². The lowest BCUT2D eigenvalue weighted by Gasteiger charge is -2.24. The van der Waals surface area contributed by atoms with Gasteiger partial charge in [0.1, 0.15) is 6.61 Å². The minimum Gasteiger partial charge on any atom is -0.493 e. The van der Waals surface area contributed by atoms with Crippen LogP contribution in [0, 0.1) is 10.1 Å². The van der Waals surface area contributed by atoms with Gasteiger partial charge in [0.05, 0.1) is 52.1 Å². The van der Waals surface area contributed by atoms with Crippen LogP contribution in [0.1, 0.15) is 36.6 Å². The molecule has 0 N–H and O–H groups in total. The van der Waals surface area contributed by atoms with Gasteiger partial charge in [-0.1, -0.05) is 69.7 Å². The van der Waals surface area contributed by atoms with Crippen molar-refractivity contribution in [3.63, 3.8) is 0 Å². The maximum Gasteiger partial charge on any atom is 0.338 e. The van der Waals surface area contributed by atoms with Crippen molar-refractivity contribution in [3.05, 3.63) is 129 Å². The molecule has 220 valence electrons. The molecule has 0 fully saturated rings. The lowest BCUT2D eigenvalue weighted by Crippen LogP contribution is -2.39. The monoisotopic (exact) mass is 663 g/mol. The summed E-state index contributed by atoms with van der Waals surface area (Å²) in [5.74, 6) is -0.104. The Morgan fingerprint density at radius 2 is 1.86 bits per heavy atom. The Balaban J connectivity index is 1.64. The fourth-order valence-electron chi connectivity index (χ4n) is 4.74. The molecule has 43 heavy (non-hydrogen) atoms. The summed E-state index contributed by atoms with van der Waals surface area (Å²) in [6, 6.07) is 18.6. The van der Waals surface area contributed by atoms with Crippen LogP contribution in [0.25, 0.3) is 6.08 Å². The largest absolute Gasteiger partial charge is 0.493 e. The van der Waals surface area contributed by atoms with Gasteiger partial charge in [0.25, 0.3) is 11.2 Å². The molecule has 1 aliphatic rings. The van der Waals surface area contributed by atoms with Gasteiger partial charge >= 0.3 is 5.97 Å². The van der Waals surface area contributed by atoms with E-state index in [2.05, 4.69) is 20.9 Å². The van der Waals surface area contributed by atoms with Crippen LogP contribution >= 0.6 is 27.3 Å². The molecule has 0 unspecified atom stereocenters. The molecule has 0 bridgehead atoms. The molecular weight excluding hydrogens is 638 g/mol. The SMILES string of the molecule is CCOC(=O)C1=C(C)N=c2s/c(=C\c3cc(OC)c(OCc4ccccc4)cc3[N+](=O)[O-])c(=O)n2[C@@H]1c1ccc(Br)cc1. The number of esters is 1. The number of nitro groups is 1. The second-order valence-corrected chi connectivity index (χ2v) is 11.4. The molecule has 0 amide bonds. The number of thiazole rings is 1. The van der Waals surface area contributed by atoms with Crippen molar-refractivity contribution in [3.8, 4) is 11.5 Å². The van der Waals surface area contributed by atoms with E-state index in [4.69, 9.17) is 14.2 Å². The van der Waals surface area contributed by atoms with Crippen LogP contribution in [0.2, 0.25) is 0 Å². The van der Waals surface area contributed by atoms with Crippen molar-refractivity contribution in [2.45, 2.75) is 26.5 Å². The number of nitro benzene ring substituents is 1. The van der Waals surface area contributed by atoms with Crippen LogP contribution in [0.5, 0.6) is 11.5 Å². The van der Waals surface area contributed by atoms with Gasteiger partial charge in [-0.3, -0.25) is 19.5 Å². The summed E-state index contributed by atoms with van der Waals surface area (Å²) in [6.07, 6.45) is 1.44. The van der Waals surface area contributed by atoms with Gasteiger partial charge in [0.15, 0.2) is 16.3 Å². The Bertz CT molecular complexity index is 1920. The Hall–Kier alpha value is -4.55. The normalized spacial score (nSPS) is 14.6. The molecule has 3 aromatic carbocycles. The van der Waals surface area contributed by atoms with Crippen LogP contribution in [-0.4, -0.2) is 29.2 Å². The van der Waals surface area contributed by atoms with Crippen molar-refractivity contribution in [2.75, 3.05) is 13.7 Å². The van der Waals surface area contributed by atoms with E-state index in [0.29, 0.717) is 16.1 Å². The standard InChI is InChI=1S/C31H26BrN3O7S/c1-4-41-30(37)27-18(2)33-31-34(28(27)20-10-12-22(32)13-11-20)29(36)26(43-31)15-21-14-24(40-3)25(16-23(21)35(38)39)42-17-19-8-6-5-7-9-19/h5-16,28H,4,17H2,1-3H3/b26-15-/t28-/m1/s1. The summed E-state index contributed by atoms with van der Waals surface area (Å²) in [5.41, 5.74) is 1.67. The van der Waals surface area contributed by atoms with E-state index >= 15 is 0 Å². The number of fused-ring (bicyclic) bond motifs is 1. The van der Waals surface area contributed by atoms with Crippen LogP contribution in [0.15, 0.2) is 92.3 Å². The molecule has 1 aromatic heterocycles. The first-order valence-corrected chi connectivity index (χ1v) is 14.8. The fourth-order valence-corrected chi connectivity index (χ4v) is 6.04. The van der Waals surface area contributed by atoms with Gasteiger partial charge in [-0.05, 0) is 49.2 Å². The van der Waals surface area contributed by atoms with Crippen molar-refractivity contribution in [1.82, 2.24) is 4.57 Å². The van der Waals surface area contributed by atoms with Crippen molar-refractivity contribution >= 4 is 45.0 Å². The Kier molecular flexibility index (Phi) is 8.88. The minimum atomic E-state index is -0.802. The second-order valence-electron chi connectivity index (χ2n) is 9.45. The third-order valence-corrected chi connectivity index (χ3v) is 8.25. The van der Waals surface area contributed by atoms with E-state index in [-0.39, 0.29) is 46.1 Å². The lowest BCUT2D eigenvalue weighted by molar-refractivity contribution is -0.385. The molecule has 0 spiro atoms. The average molecular weight is 665 g/mol. The number of ether oxygens (including phenoxy) is 3. The highest BCUT2D eigenvalue weighted by molar-refractivity contribution is 9.10. The van der Waals surface area contributed by atoms with E-state index in [1.807, 2.05) is 54.6 Å². The van der Waals surface area contributed by atoms with E-state index in [0.717, 1.165) is 21.4 Å². The van der Waals surface area contributed by atoms with Crippen LogP contribution < -0.4 is 24.4 Å². The van der Waals surface area contributed by atoms with Gasteiger partial charge < -0.3 is 14.2 Å². The zero-order valence-corrected chi connectivity index (χ0v) is 25.8. The van der Waals surface area contributed by atoms with Crippen LogP contribution in [-0.2, 0) is 16.1 Å². The molecule has 1 atom stereocenters. The summed E-state index contributed by atoms with van der Waals surface area (Å²) >= 11 is 4.50. The van der Waals surface area contributed by atoms with E-state index in [1.165, 1.54) is 29.9 Å². The number of carbonyl (C=O) groups is 1. The van der Waals surface area contributed by atoms with Gasteiger partial charge in [-0.15, -0.1) is 0 Å². The summed E-state index contributed by atoms with van der Waals surface area (Å²) in [6.45, 7) is 3.74. The molecule has 0 aliphatic carbocycles. The van der Waals surface area contributed by atoms with E-state index < -0.39 is 22.5 Å². The zero-order chi connectivity index (χ0) is 30.7. The predicted molar refractivity (Wildman–Crippen MR) is 165 cm³/mol. The van der Waals surface area contributed by atoms with Crippen molar-refractivity contribution < 1.29 is 23.9 Å². The quantitative estimate of drug-likeness (QED) is 0.139. The zero-order valence-electron chi connectivity index (χ0n) is 23.4. The summed E-state index contributed by atoms with van der Waals surface area (Å²) in [4.78, 5) is 43.5. The van der Waals surface area contributed by atoms with Crippen LogP contribution in [0.3, 0.4) is 0 Å². The number of nitrogens with zero attached hydrogens (tertiary/aromatic N) is 3. The Labute approximate surface area is 258 Å². The number of hydrogen-bond donors (Lipinski definition) is 0. The van der Waals surface area contributed by atoms with Gasteiger partial charge in [0.2, 0.25) is 0 Å². The third-order valence-electron chi connectivity index (χ3n) is 6.74. The minimum absolute atomic E-state index is 0.153. The summed E-state index contributed by atoms with van der Waals surface area (Å²) < 4.78 is 19.1. The topological polar surface area (TPSA) is 122 Å². The van der Waals surface area contributed by atoms with Gasteiger partial charge in [-0.25, -0.2) is 9.79 Å². The molecule has 4 aromatic rings. The van der Waals surface area contributed by atoms with Gasteiger partial charge in [0, 0.05) is 4.47 Å². The first-order valence-electron chi connectivity index (χ1n) is 13.2. The molecular formula is C31H26BrN3O7S. The fraction of sp³-hybridized carbons (Fsp3) is 0.194. The Morgan fingerprint density at radius 1 is 1.14 bits per heavy atom. The summed E-state index contributed by atoms with van der Waals surface area (Å²) in [5, 5.41) is 12.1. The molecule has 0 saturated heterocycles. The highest BCUT2D eigenvalue weighted by Gasteiger charge is 2.33. The van der Waals surface area contributed by atoms with E-state index in [1.54, 1.807) is 13.8 Å². The number of hydrogen-bond acceptors (Lipinski definition) is 9. The third kappa shape index (κ3) is 6.15. The first-order chi connectivity index (χ1) is 20.7.